The summed E-state index contributed by atoms with van der Waals surface area (Å²) < 4.78 is 1.82. The second-order valence-electron chi connectivity index (χ2n) is 5.90. The van der Waals surface area contributed by atoms with Crippen molar-refractivity contribution in [3.8, 4) is 0 Å². The van der Waals surface area contributed by atoms with Crippen LogP contribution < -0.4 is 4.90 Å². The fraction of sp³-hybridized carbons (Fsp3) is 0.615. The van der Waals surface area contributed by atoms with Crippen LogP contribution in [-0.2, 0) is 0 Å². The van der Waals surface area contributed by atoms with Gasteiger partial charge in [0.15, 0.2) is 11.5 Å². The molecule has 0 spiro atoms. The van der Waals surface area contributed by atoms with Crippen LogP contribution in [0.25, 0.3) is 5.65 Å². The van der Waals surface area contributed by atoms with Crippen LogP contribution in [0, 0.1) is 12.3 Å². The summed E-state index contributed by atoms with van der Waals surface area (Å²) in [5.74, 6) is 1.86. The van der Waals surface area contributed by atoms with Crippen molar-refractivity contribution in [1.29, 1.82) is 0 Å². The van der Waals surface area contributed by atoms with Gasteiger partial charge in [0.25, 0.3) is 0 Å². The lowest BCUT2D eigenvalue weighted by molar-refractivity contribution is 0.291. The first-order valence-electron chi connectivity index (χ1n) is 6.49. The molecule has 0 N–H and O–H groups in total. The van der Waals surface area contributed by atoms with E-state index in [2.05, 4.69) is 34.0 Å². The number of aromatic nitrogens is 4. The van der Waals surface area contributed by atoms with Gasteiger partial charge in [-0.1, -0.05) is 13.8 Å². The van der Waals surface area contributed by atoms with E-state index in [9.17, 15) is 0 Å². The van der Waals surface area contributed by atoms with Crippen LogP contribution in [0.4, 0.5) is 5.82 Å². The summed E-state index contributed by atoms with van der Waals surface area (Å²) in [4.78, 5) is 2.36. The SMILES string of the molecule is Cc1nnc2ccc(N3CCCC(C)(C)C3)nn12. The molecule has 0 amide bonds. The Morgan fingerprint density at radius 2 is 2.06 bits per heavy atom. The molecule has 2 aromatic rings. The third-order valence-corrected chi connectivity index (χ3v) is 3.63. The monoisotopic (exact) mass is 245 g/mol. The molecule has 5 nitrogen and oxygen atoms in total. The van der Waals surface area contributed by atoms with Gasteiger partial charge in [-0.2, -0.15) is 4.52 Å². The van der Waals surface area contributed by atoms with Gasteiger partial charge >= 0.3 is 0 Å². The van der Waals surface area contributed by atoms with Gasteiger partial charge in [0.05, 0.1) is 0 Å². The van der Waals surface area contributed by atoms with Crippen molar-refractivity contribution in [3.63, 3.8) is 0 Å². The second-order valence-corrected chi connectivity index (χ2v) is 5.90. The van der Waals surface area contributed by atoms with Crippen molar-refractivity contribution in [2.24, 2.45) is 5.41 Å². The average Bonchev–Trinajstić information content (AvgIpc) is 2.69. The first-order chi connectivity index (χ1) is 8.55. The molecule has 1 aliphatic heterocycles. The number of nitrogens with zero attached hydrogens (tertiary/aromatic N) is 5. The lowest BCUT2D eigenvalue weighted by atomic mass is 9.84. The minimum Gasteiger partial charge on any atom is -0.355 e. The zero-order chi connectivity index (χ0) is 12.8. The molecule has 18 heavy (non-hydrogen) atoms. The number of hydrogen-bond donors (Lipinski definition) is 0. The Balaban J connectivity index is 1.96. The third kappa shape index (κ3) is 1.94. The highest BCUT2D eigenvalue weighted by molar-refractivity contribution is 5.46. The maximum atomic E-state index is 4.64. The first-order valence-corrected chi connectivity index (χ1v) is 6.49. The molecule has 3 heterocycles. The van der Waals surface area contributed by atoms with Gasteiger partial charge in [0, 0.05) is 13.1 Å². The van der Waals surface area contributed by atoms with E-state index in [4.69, 9.17) is 0 Å². The van der Waals surface area contributed by atoms with E-state index in [1.54, 1.807) is 0 Å². The number of fused-ring (bicyclic) bond motifs is 1. The van der Waals surface area contributed by atoms with Gasteiger partial charge < -0.3 is 4.90 Å². The molecule has 0 unspecified atom stereocenters. The molecule has 96 valence electrons. The molecule has 0 atom stereocenters. The van der Waals surface area contributed by atoms with Gasteiger partial charge in [-0.15, -0.1) is 15.3 Å². The summed E-state index contributed by atoms with van der Waals surface area (Å²) in [6.07, 6.45) is 2.52. The number of rotatable bonds is 1. The number of anilines is 1. The zero-order valence-electron chi connectivity index (χ0n) is 11.2. The number of piperidine rings is 1. The van der Waals surface area contributed by atoms with Crippen LogP contribution in [0.15, 0.2) is 12.1 Å². The predicted octanol–water partition coefficient (Wildman–Crippen LogP) is 2.06. The summed E-state index contributed by atoms with van der Waals surface area (Å²) in [6, 6.07) is 4.04. The van der Waals surface area contributed by atoms with Gasteiger partial charge in [-0.3, -0.25) is 0 Å². The normalized spacial score (nSPS) is 19.4. The third-order valence-electron chi connectivity index (χ3n) is 3.63. The highest BCUT2D eigenvalue weighted by Gasteiger charge is 2.27. The van der Waals surface area contributed by atoms with Crippen molar-refractivity contribution in [1.82, 2.24) is 19.8 Å². The molecule has 0 radical (unpaired) electrons. The Morgan fingerprint density at radius 1 is 1.22 bits per heavy atom. The molecule has 2 aromatic heterocycles. The highest BCUT2D eigenvalue weighted by Crippen LogP contribution is 2.30. The van der Waals surface area contributed by atoms with E-state index >= 15 is 0 Å². The van der Waals surface area contributed by atoms with Crippen LogP contribution in [0.5, 0.6) is 0 Å². The van der Waals surface area contributed by atoms with Gasteiger partial charge in [0.2, 0.25) is 0 Å². The predicted molar refractivity (Wildman–Crippen MR) is 70.7 cm³/mol. The molecule has 0 aromatic carbocycles. The minimum atomic E-state index is 0.372. The molecular weight excluding hydrogens is 226 g/mol. The molecule has 0 bridgehead atoms. The van der Waals surface area contributed by atoms with Crippen LogP contribution >= 0.6 is 0 Å². The van der Waals surface area contributed by atoms with Crippen molar-refractivity contribution in [2.45, 2.75) is 33.6 Å². The summed E-state index contributed by atoms with van der Waals surface area (Å²) >= 11 is 0. The molecular formula is C13H19N5. The van der Waals surface area contributed by atoms with Crippen LogP contribution in [0.2, 0.25) is 0 Å². The van der Waals surface area contributed by atoms with Crippen molar-refractivity contribution in [2.75, 3.05) is 18.0 Å². The maximum Gasteiger partial charge on any atom is 0.178 e. The summed E-state index contributed by atoms with van der Waals surface area (Å²) in [7, 11) is 0. The van der Waals surface area contributed by atoms with Crippen molar-refractivity contribution >= 4 is 11.5 Å². The van der Waals surface area contributed by atoms with E-state index in [0.717, 1.165) is 30.4 Å². The van der Waals surface area contributed by atoms with Crippen molar-refractivity contribution < 1.29 is 0 Å². The van der Waals surface area contributed by atoms with Gasteiger partial charge in [-0.05, 0) is 37.3 Å². The minimum absolute atomic E-state index is 0.372. The second kappa shape index (κ2) is 3.93. The quantitative estimate of drug-likeness (QED) is 0.771. The Kier molecular flexibility index (Phi) is 2.50. The van der Waals surface area contributed by atoms with E-state index in [1.165, 1.54) is 12.8 Å². The fourth-order valence-electron chi connectivity index (χ4n) is 2.67. The number of hydrogen-bond acceptors (Lipinski definition) is 4. The number of aryl methyl sites for hydroxylation is 1. The van der Waals surface area contributed by atoms with E-state index < -0.39 is 0 Å². The molecule has 1 aliphatic rings. The lowest BCUT2D eigenvalue weighted by Crippen LogP contribution is -2.40. The largest absolute Gasteiger partial charge is 0.355 e. The molecule has 5 heteroatoms. The lowest BCUT2D eigenvalue weighted by Gasteiger charge is -2.38. The highest BCUT2D eigenvalue weighted by atomic mass is 15.4. The van der Waals surface area contributed by atoms with Crippen molar-refractivity contribution in [3.05, 3.63) is 18.0 Å². The Bertz CT molecular complexity index is 572. The molecule has 3 rings (SSSR count). The molecule has 0 saturated carbocycles. The smallest absolute Gasteiger partial charge is 0.178 e. The summed E-state index contributed by atoms with van der Waals surface area (Å²) in [5, 5.41) is 12.7. The summed E-state index contributed by atoms with van der Waals surface area (Å²) in [5.41, 5.74) is 1.18. The zero-order valence-corrected chi connectivity index (χ0v) is 11.2. The Labute approximate surface area is 107 Å². The first kappa shape index (κ1) is 11.4. The van der Waals surface area contributed by atoms with E-state index in [1.807, 2.05) is 23.6 Å². The maximum absolute atomic E-state index is 4.64. The fourth-order valence-corrected chi connectivity index (χ4v) is 2.67. The Hall–Kier alpha value is -1.65. The standard InChI is InChI=1S/C13H19N5/c1-10-14-15-11-5-6-12(16-18(10)11)17-8-4-7-13(2,3)9-17/h5-6H,4,7-9H2,1-3H3. The molecule has 1 saturated heterocycles. The molecule has 1 fully saturated rings. The van der Waals surface area contributed by atoms with Crippen LogP contribution in [-0.4, -0.2) is 32.9 Å². The van der Waals surface area contributed by atoms with Gasteiger partial charge in [-0.25, -0.2) is 0 Å². The molecule has 0 aliphatic carbocycles. The van der Waals surface area contributed by atoms with Crippen LogP contribution in [0.3, 0.4) is 0 Å². The average molecular weight is 245 g/mol. The van der Waals surface area contributed by atoms with Gasteiger partial charge in [0.1, 0.15) is 5.82 Å². The topological polar surface area (TPSA) is 46.3 Å². The van der Waals surface area contributed by atoms with E-state index in [0.29, 0.717) is 5.41 Å². The van der Waals surface area contributed by atoms with E-state index in [-0.39, 0.29) is 0 Å². The Morgan fingerprint density at radius 3 is 2.83 bits per heavy atom. The van der Waals surface area contributed by atoms with Crippen LogP contribution in [0.1, 0.15) is 32.5 Å². The summed E-state index contributed by atoms with van der Waals surface area (Å²) in [6.45, 7) is 8.72.